The molecule has 104 valence electrons. The number of hydrogen-bond acceptors (Lipinski definition) is 5. The molecule has 6 nitrogen and oxygen atoms in total. The van der Waals surface area contributed by atoms with Gasteiger partial charge in [-0.2, -0.15) is 11.8 Å². The van der Waals surface area contributed by atoms with Crippen molar-refractivity contribution < 1.29 is 9.72 Å². The molecule has 1 rings (SSSR count). The molecule has 0 saturated heterocycles. The summed E-state index contributed by atoms with van der Waals surface area (Å²) in [5.74, 6) is 0.473. The minimum atomic E-state index is -0.605. The van der Waals surface area contributed by atoms with Crippen molar-refractivity contribution in [3.63, 3.8) is 0 Å². The zero-order chi connectivity index (χ0) is 14.4. The Kier molecular flexibility index (Phi) is 5.78. The fraction of sp³-hybridized carbons (Fsp3) is 0.417. The molecule has 1 aromatic carbocycles. The molecule has 0 aliphatic carbocycles. The number of carbonyl (C=O) groups is 1. The van der Waals surface area contributed by atoms with Crippen LogP contribution in [0.1, 0.15) is 12.0 Å². The fourth-order valence-corrected chi connectivity index (χ4v) is 1.95. The van der Waals surface area contributed by atoms with Crippen molar-refractivity contribution in [2.45, 2.75) is 19.4 Å². The van der Waals surface area contributed by atoms with Gasteiger partial charge in [-0.25, -0.2) is 0 Å². The number of hydrogen-bond donors (Lipinski definition) is 2. The van der Waals surface area contributed by atoms with Gasteiger partial charge in [-0.05, 0) is 30.9 Å². The van der Waals surface area contributed by atoms with E-state index in [0.29, 0.717) is 12.1 Å². The molecule has 0 saturated carbocycles. The number of non-ortho nitro benzene ring substituents is 1. The number of nitrogens with one attached hydrogen (secondary N) is 1. The zero-order valence-corrected chi connectivity index (χ0v) is 11.7. The third-order valence-corrected chi connectivity index (χ3v) is 3.30. The molecule has 19 heavy (non-hydrogen) atoms. The summed E-state index contributed by atoms with van der Waals surface area (Å²) in [6.45, 7) is 1.77. The summed E-state index contributed by atoms with van der Waals surface area (Å²) >= 11 is 1.61. The molecule has 0 unspecified atom stereocenters. The van der Waals surface area contributed by atoms with Crippen LogP contribution in [0, 0.1) is 17.0 Å². The van der Waals surface area contributed by atoms with Crippen LogP contribution in [0.15, 0.2) is 18.2 Å². The molecule has 7 heteroatoms. The molecule has 0 radical (unpaired) electrons. The number of rotatable bonds is 6. The number of amides is 1. The van der Waals surface area contributed by atoms with Crippen LogP contribution in [0.4, 0.5) is 11.4 Å². The summed E-state index contributed by atoms with van der Waals surface area (Å²) in [4.78, 5) is 22.0. The largest absolute Gasteiger partial charge is 0.324 e. The lowest BCUT2D eigenvalue weighted by Gasteiger charge is -2.13. The quantitative estimate of drug-likeness (QED) is 0.614. The molecule has 0 heterocycles. The van der Waals surface area contributed by atoms with Gasteiger partial charge in [0.15, 0.2) is 0 Å². The predicted molar refractivity (Wildman–Crippen MR) is 77.4 cm³/mol. The van der Waals surface area contributed by atoms with Gasteiger partial charge in [0, 0.05) is 12.1 Å². The Labute approximate surface area is 115 Å². The highest BCUT2D eigenvalue weighted by Gasteiger charge is 2.16. The van der Waals surface area contributed by atoms with Crippen LogP contribution in [0.5, 0.6) is 0 Å². The zero-order valence-electron chi connectivity index (χ0n) is 10.9. The number of benzene rings is 1. The average Bonchev–Trinajstić information content (AvgIpc) is 2.38. The summed E-state index contributed by atoms with van der Waals surface area (Å²) in [5.41, 5.74) is 6.87. The van der Waals surface area contributed by atoms with Crippen molar-refractivity contribution in [1.29, 1.82) is 0 Å². The van der Waals surface area contributed by atoms with E-state index in [1.54, 1.807) is 24.8 Å². The summed E-state index contributed by atoms with van der Waals surface area (Å²) in [6, 6.07) is 3.74. The van der Waals surface area contributed by atoms with E-state index < -0.39 is 11.0 Å². The van der Waals surface area contributed by atoms with E-state index in [1.807, 2.05) is 6.26 Å². The highest BCUT2D eigenvalue weighted by molar-refractivity contribution is 7.98. The van der Waals surface area contributed by atoms with Gasteiger partial charge in [0.1, 0.15) is 0 Å². The number of carbonyl (C=O) groups excluding carboxylic acids is 1. The molecule has 0 aliphatic heterocycles. The number of thioether (sulfide) groups is 1. The van der Waals surface area contributed by atoms with Crippen LogP contribution in [-0.4, -0.2) is 28.9 Å². The van der Waals surface area contributed by atoms with Crippen molar-refractivity contribution in [3.05, 3.63) is 33.9 Å². The first-order chi connectivity index (χ1) is 8.95. The molecule has 3 N–H and O–H groups in total. The third kappa shape index (κ3) is 4.53. The molecule has 0 spiro atoms. The van der Waals surface area contributed by atoms with Crippen LogP contribution in [0.25, 0.3) is 0 Å². The Balaban J connectivity index is 2.78. The highest BCUT2D eigenvalue weighted by Crippen LogP contribution is 2.22. The Morgan fingerprint density at radius 1 is 1.58 bits per heavy atom. The summed E-state index contributed by atoms with van der Waals surface area (Å²) in [6.07, 6.45) is 2.51. The monoisotopic (exact) mass is 283 g/mol. The molecule has 0 aromatic heterocycles. The van der Waals surface area contributed by atoms with E-state index in [0.717, 1.165) is 11.3 Å². The van der Waals surface area contributed by atoms with Crippen LogP contribution >= 0.6 is 11.8 Å². The summed E-state index contributed by atoms with van der Waals surface area (Å²) in [7, 11) is 0. The van der Waals surface area contributed by atoms with Crippen LogP contribution in [-0.2, 0) is 4.79 Å². The Morgan fingerprint density at radius 2 is 2.26 bits per heavy atom. The lowest BCUT2D eigenvalue weighted by Crippen LogP contribution is -2.36. The van der Waals surface area contributed by atoms with E-state index in [1.165, 1.54) is 12.1 Å². The van der Waals surface area contributed by atoms with Crippen molar-refractivity contribution in [3.8, 4) is 0 Å². The van der Waals surface area contributed by atoms with Gasteiger partial charge in [-0.3, -0.25) is 14.9 Å². The predicted octanol–water partition coefficient (Wildman–Crippen LogP) is 1.92. The fourth-order valence-electron chi connectivity index (χ4n) is 1.46. The van der Waals surface area contributed by atoms with E-state index in [2.05, 4.69) is 5.32 Å². The summed E-state index contributed by atoms with van der Waals surface area (Å²) in [5, 5.41) is 13.3. The smallest absolute Gasteiger partial charge is 0.271 e. The standard InChI is InChI=1S/C12H17N3O3S/c1-8-3-4-9(15(17)18)7-11(8)14-12(16)10(13)5-6-19-2/h3-4,7,10H,5-6,13H2,1-2H3,(H,14,16)/t10-/m1/s1. The molecule has 1 aromatic rings. The molecule has 1 atom stereocenters. The normalized spacial score (nSPS) is 11.9. The van der Waals surface area contributed by atoms with Gasteiger partial charge in [-0.1, -0.05) is 6.07 Å². The van der Waals surface area contributed by atoms with Crippen molar-refractivity contribution in [2.24, 2.45) is 5.73 Å². The van der Waals surface area contributed by atoms with Crippen molar-refractivity contribution in [1.82, 2.24) is 0 Å². The highest BCUT2D eigenvalue weighted by atomic mass is 32.2. The topological polar surface area (TPSA) is 98.3 Å². The second-order valence-corrected chi connectivity index (χ2v) is 5.12. The second-order valence-electron chi connectivity index (χ2n) is 4.13. The number of nitrogens with two attached hydrogens (primary N) is 1. The van der Waals surface area contributed by atoms with Gasteiger partial charge in [0.25, 0.3) is 5.69 Å². The first-order valence-corrected chi connectivity index (χ1v) is 7.15. The molecular weight excluding hydrogens is 266 g/mol. The number of anilines is 1. The van der Waals surface area contributed by atoms with E-state index in [9.17, 15) is 14.9 Å². The number of nitro benzene ring substituents is 1. The van der Waals surface area contributed by atoms with Crippen molar-refractivity contribution >= 4 is 29.0 Å². The maximum absolute atomic E-state index is 11.8. The van der Waals surface area contributed by atoms with Gasteiger partial charge < -0.3 is 11.1 Å². The molecular formula is C12H17N3O3S. The first-order valence-electron chi connectivity index (χ1n) is 5.76. The number of nitro groups is 1. The lowest BCUT2D eigenvalue weighted by molar-refractivity contribution is -0.384. The van der Waals surface area contributed by atoms with Gasteiger partial charge in [0.05, 0.1) is 16.7 Å². The minimum absolute atomic E-state index is 0.0569. The van der Waals surface area contributed by atoms with Gasteiger partial charge >= 0.3 is 0 Å². The van der Waals surface area contributed by atoms with E-state index >= 15 is 0 Å². The van der Waals surface area contributed by atoms with Gasteiger partial charge in [-0.15, -0.1) is 0 Å². The van der Waals surface area contributed by atoms with Gasteiger partial charge in [0.2, 0.25) is 5.91 Å². The van der Waals surface area contributed by atoms with Crippen LogP contribution < -0.4 is 11.1 Å². The molecule has 0 bridgehead atoms. The van der Waals surface area contributed by atoms with Crippen LogP contribution in [0.3, 0.4) is 0 Å². The Morgan fingerprint density at radius 3 is 2.84 bits per heavy atom. The lowest BCUT2D eigenvalue weighted by atomic mass is 10.1. The second kappa shape index (κ2) is 7.10. The Hall–Kier alpha value is -1.60. The average molecular weight is 283 g/mol. The number of nitrogens with zero attached hydrogens (tertiary/aromatic N) is 1. The van der Waals surface area contributed by atoms with E-state index in [-0.39, 0.29) is 11.6 Å². The van der Waals surface area contributed by atoms with Crippen molar-refractivity contribution in [2.75, 3.05) is 17.3 Å². The number of aryl methyl sites for hydroxylation is 1. The maximum atomic E-state index is 11.8. The first kappa shape index (κ1) is 15.5. The molecule has 1 amide bonds. The minimum Gasteiger partial charge on any atom is -0.324 e. The summed E-state index contributed by atoms with van der Waals surface area (Å²) < 4.78 is 0. The van der Waals surface area contributed by atoms with Crippen LogP contribution in [0.2, 0.25) is 0 Å². The van der Waals surface area contributed by atoms with E-state index in [4.69, 9.17) is 5.73 Å². The molecule has 0 aliphatic rings. The third-order valence-electron chi connectivity index (χ3n) is 2.66. The Bertz CT molecular complexity index is 479. The SMILES string of the molecule is CSCC[C@@H](N)C(=O)Nc1cc([N+](=O)[O-])ccc1C. The maximum Gasteiger partial charge on any atom is 0.271 e. The molecule has 0 fully saturated rings.